The zero-order valence-electron chi connectivity index (χ0n) is 12.9. The van der Waals surface area contributed by atoms with Crippen molar-refractivity contribution in [1.82, 2.24) is 5.32 Å². The van der Waals surface area contributed by atoms with E-state index in [1.165, 1.54) is 0 Å². The lowest BCUT2D eigenvalue weighted by atomic mass is 10.1. The van der Waals surface area contributed by atoms with Crippen LogP contribution < -0.4 is 20.7 Å². The third-order valence-electron chi connectivity index (χ3n) is 3.58. The van der Waals surface area contributed by atoms with Gasteiger partial charge in [-0.25, -0.2) is 4.79 Å². The number of para-hydroxylation sites is 2. The summed E-state index contributed by atoms with van der Waals surface area (Å²) in [5, 5.41) is 8.53. The van der Waals surface area contributed by atoms with E-state index in [-0.39, 0.29) is 5.91 Å². The summed E-state index contributed by atoms with van der Waals surface area (Å²) in [5.74, 6) is 0.228. The van der Waals surface area contributed by atoms with Crippen LogP contribution in [-0.2, 0) is 4.79 Å². The highest BCUT2D eigenvalue weighted by Crippen LogP contribution is 2.28. The number of fused-ring (bicyclic) bond motifs is 1. The van der Waals surface area contributed by atoms with E-state index in [9.17, 15) is 9.59 Å². The maximum absolute atomic E-state index is 12.4. The molecule has 0 spiro atoms. The predicted molar refractivity (Wildman–Crippen MR) is 92.6 cm³/mol. The molecule has 1 unspecified atom stereocenters. The zero-order valence-corrected chi connectivity index (χ0v) is 13.6. The lowest BCUT2D eigenvalue weighted by molar-refractivity contribution is -0.119. The first-order valence-corrected chi connectivity index (χ1v) is 7.80. The van der Waals surface area contributed by atoms with E-state index in [1.807, 2.05) is 6.07 Å². The summed E-state index contributed by atoms with van der Waals surface area (Å²) >= 11 is 5.88. The van der Waals surface area contributed by atoms with Gasteiger partial charge < -0.3 is 20.7 Å². The van der Waals surface area contributed by atoms with Crippen LogP contribution in [0.3, 0.4) is 0 Å². The molecular weight excluding hydrogens is 330 g/mol. The highest BCUT2D eigenvalue weighted by atomic mass is 35.5. The van der Waals surface area contributed by atoms with Crippen LogP contribution in [0, 0.1) is 0 Å². The van der Waals surface area contributed by atoms with E-state index in [4.69, 9.17) is 16.3 Å². The Morgan fingerprint density at radius 1 is 1.21 bits per heavy atom. The largest absolute Gasteiger partial charge is 0.486 e. The van der Waals surface area contributed by atoms with Crippen LogP contribution >= 0.6 is 11.6 Å². The second kappa shape index (κ2) is 6.80. The molecular formula is C17H16ClN3O3. The quantitative estimate of drug-likeness (QED) is 0.781. The molecule has 0 aromatic heterocycles. The molecule has 3 amide bonds. The van der Waals surface area contributed by atoms with Crippen LogP contribution in [0.1, 0.15) is 6.92 Å². The molecule has 6 nitrogen and oxygen atoms in total. The second-order valence-electron chi connectivity index (χ2n) is 5.39. The lowest BCUT2D eigenvalue weighted by Gasteiger charge is -2.21. The van der Waals surface area contributed by atoms with Crippen LogP contribution in [0.2, 0.25) is 5.02 Å². The first-order valence-electron chi connectivity index (χ1n) is 7.42. The maximum atomic E-state index is 12.4. The molecule has 2 atom stereocenters. The minimum absolute atomic E-state index is 0.339. The fraction of sp³-hybridized carbons (Fsp3) is 0.176. The minimum Gasteiger partial charge on any atom is -0.486 e. The summed E-state index contributed by atoms with van der Waals surface area (Å²) < 4.78 is 5.76. The van der Waals surface area contributed by atoms with Gasteiger partial charge in [0.05, 0.1) is 5.69 Å². The van der Waals surface area contributed by atoms with Gasteiger partial charge in [-0.05, 0) is 37.3 Å². The van der Waals surface area contributed by atoms with Crippen molar-refractivity contribution in [3.8, 4) is 5.75 Å². The fourth-order valence-electron chi connectivity index (χ4n) is 2.42. The van der Waals surface area contributed by atoms with Crippen LogP contribution in [0.15, 0.2) is 48.5 Å². The standard InChI is InChI=1S/C17H16ClN3O3/c1-10-15(16(22)20-13-7-2-3-8-14(13)24-10)21-17(23)19-12-6-4-5-11(18)9-12/h2-10,15H,1H3,(H,20,22)(H2,19,21,23)/t10?,15-/m1/s1. The number of ether oxygens (including phenoxy) is 1. The number of anilines is 2. The van der Waals surface area contributed by atoms with E-state index in [0.717, 1.165) is 0 Å². The molecule has 1 aliphatic rings. The molecule has 0 fully saturated rings. The summed E-state index contributed by atoms with van der Waals surface area (Å²) in [7, 11) is 0. The van der Waals surface area contributed by atoms with E-state index in [0.29, 0.717) is 22.1 Å². The molecule has 1 heterocycles. The van der Waals surface area contributed by atoms with Crippen LogP contribution in [0.5, 0.6) is 5.75 Å². The Balaban J connectivity index is 1.70. The summed E-state index contributed by atoms with van der Waals surface area (Å²) in [6.45, 7) is 1.73. The lowest BCUT2D eigenvalue weighted by Crippen LogP contribution is -2.52. The Hall–Kier alpha value is -2.73. The number of rotatable bonds is 2. The van der Waals surface area contributed by atoms with E-state index < -0.39 is 18.2 Å². The van der Waals surface area contributed by atoms with Crippen molar-refractivity contribution in [1.29, 1.82) is 0 Å². The Kier molecular flexibility index (Phi) is 4.57. The normalized spacial score (nSPS) is 19.3. The number of nitrogens with one attached hydrogen (secondary N) is 3. The summed E-state index contributed by atoms with van der Waals surface area (Å²) in [6.07, 6.45) is -0.529. The third kappa shape index (κ3) is 3.60. The average Bonchev–Trinajstić information content (AvgIpc) is 2.65. The van der Waals surface area contributed by atoms with Crippen molar-refractivity contribution in [2.45, 2.75) is 19.1 Å². The Labute approximate surface area is 144 Å². The van der Waals surface area contributed by atoms with Gasteiger partial charge >= 0.3 is 6.03 Å². The van der Waals surface area contributed by atoms with E-state index >= 15 is 0 Å². The number of hydrogen-bond donors (Lipinski definition) is 3. The Morgan fingerprint density at radius 3 is 2.79 bits per heavy atom. The predicted octanol–water partition coefficient (Wildman–Crippen LogP) is 3.25. The number of hydrogen-bond acceptors (Lipinski definition) is 3. The fourth-order valence-corrected chi connectivity index (χ4v) is 2.61. The molecule has 7 heteroatoms. The molecule has 1 aliphatic heterocycles. The zero-order chi connectivity index (χ0) is 17.1. The maximum Gasteiger partial charge on any atom is 0.320 e. The van der Waals surface area contributed by atoms with Gasteiger partial charge in [0.2, 0.25) is 0 Å². The molecule has 0 saturated carbocycles. The number of halogens is 1. The molecule has 3 rings (SSSR count). The van der Waals surface area contributed by atoms with Crippen LogP contribution in [0.25, 0.3) is 0 Å². The first kappa shape index (κ1) is 16.1. The first-order chi connectivity index (χ1) is 11.5. The van der Waals surface area contributed by atoms with Gasteiger partial charge in [0.1, 0.15) is 17.9 Å². The molecule has 0 radical (unpaired) electrons. The van der Waals surface area contributed by atoms with Crippen molar-refractivity contribution in [3.63, 3.8) is 0 Å². The number of carbonyl (C=O) groups excluding carboxylic acids is 2. The monoisotopic (exact) mass is 345 g/mol. The van der Waals surface area contributed by atoms with E-state index in [1.54, 1.807) is 49.4 Å². The van der Waals surface area contributed by atoms with Crippen molar-refractivity contribution < 1.29 is 14.3 Å². The smallest absolute Gasteiger partial charge is 0.320 e. The molecule has 0 saturated heterocycles. The van der Waals surface area contributed by atoms with Crippen molar-refractivity contribution in [2.24, 2.45) is 0 Å². The van der Waals surface area contributed by atoms with Crippen molar-refractivity contribution in [2.75, 3.05) is 10.6 Å². The minimum atomic E-state index is -0.836. The highest BCUT2D eigenvalue weighted by molar-refractivity contribution is 6.30. The number of carbonyl (C=O) groups is 2. The van der Waals surface area contributed by atoms with Gasteiger partial charge in [-0.15, -0.1) is 0 Å². The van der Waals surface area contributed by atoms with Crippen molar-refractivity contribution in [3.05, 3.63) is 53.6 Å². The molecule has 24 heavy (non-hydrogen) atoms. The van der Waals surface area contributed by atoms with Crippen molar-refractivity contribution >= 4 is 34.9 Å². The summed E-state index contributed by atoms with van der Waals surface area (Å²) in [4.78, 5) is 24.5. The van der Waals surface area contributed by atoms with E-state index in [2.05, 4.69) is 16.0 Å². The topological polar surface area (TPSA) is 79.5 Å². The number of urea groups is 1. The number of amides is 3. The molecule has 2 aromatic rings. The molecule has 124 valence electrons. The third-order valence-corrected chi connectivity index (χ3v) is 3.81. The van der Waals surface area contributed by atoms with Gasteiger partial charge in [0, 0.05) is 10.7 Å². The summed E-state index contributed by atoms with van der Waals surface area (Å²) in [5.41, 5.74) is 1.11. The van der Waals surface area contributed by atoms with Gasteiger partial charge in [-0.2, -0.15) is 0 Å². The molecule has 3 N–H and O–H groups in total. The number of benzene rings is 2. The van der Waals surface area contributed by atoms with Crippen LogP contribution in [-0.4, -0.2) is 24.1 Å². The molecule has 0 bridgehead atoms. The summed E-state index contributed by atoms with van der Waals surface area (Å²) in [6, 6.07) is 12.5. The van der Waals surface area contributed by atoms with Gasteiger partial charge in [-0.3, -0.25) is 4.79 Å². The Morgan fingerprint density at radius 2 is 2.00 bits per heavy atom. The van der Waals surface area contributed by atoms with Gasteiger partial charge in [0.25, 0.3) is 5.91 Å². The van der Waals surface area contributed by atoms with Gasteiger partial charge in [0.15, 0.2) is 0 Å². The van der Waals surface area contributed by atoms with Crippen LogP contribution in [0.4, 0.5) is 16.2 Å². The average molecular weight is 346 g/mol. The second-order valence-corrected chi connectivity index (χ2v) is 5.83. The highest BCUT2D eigenvalue weighted by Gasteiger charge is 2.32. The molecule has 0 aliphatic carbocycles. The van der Waals surface area contributed by atoms with Gasteiger partial charge in [-0.1, -0.05) is 29.8 Å². The molecule has 2 aromatic carbocycles. The Bertz CT molecular complexity index is 781. The SMILES string of the molecule is CC1Oc2ccccc2NC(=O)[C@@H]1NC(=O)Nc1cccc(Cl)c1.